The number of carbonyl (C=O) groups is 1. The van der Waals surface area contributed by atoms with E-state index in [9.17, 15) is 18.3 Å². The van der Waals surface area contributed by atoms with Crippen molar-refractivity contribution >= 4 is 26.7 Å². The van der Waals surface area contributed by atoms with Crippen LogP contribution in [-0.2, 0) is 44.7 Å². The van der Waals surface area contributed by atoms with Gasteiger partial charge in [0.2, 0.25) is 0 Å². The molecule has 0 aliphatic carbocycles. The van der Waals surface area contributed by atoms with Gasteiger partial charge in [0.05, 0.1) is 22.5 Å². The lowest BCUT2D eigenvalue weighted by molar-refractivity contribution is -0.148. The Morgan fingerprint density at radius 2 is 1.88 bits per heavy atom. The van der Waals surface area contributed by atoms with Gasteiger partial charge in [-0.05, 0) is 67.0 Å². The second kappa shape index (κ2) is 13.8. The first-order chi connectivity index (χ1) is 24.1. The van der Waals surface area contributed by atoms with Gasteiger partial charge < -0.3 is 19.6 Å². The summed E-state index contributed by atoms with van der Waals surface area (Å²) in [5.41, 5.74) is 1.11. The third kappa shape index (κ3) is 7.55. The number of carboxylic acids is 1. The maximum Gasteiger partial charge on any atom is 0.333 e. The fourth-order valence-electron chi connectivity index (χ4n) is 7.12. The molecule has 270 valence electrons. The minimum absolute atomic E-state index is 0.0147. The van der Waals surface area contributed by atoms with Crippen LogP contribution in [0.5, 0.6) is 11.5 Å². The predicted octanol–water partition coefficient (Wildman–Crippen LogP) is 7.15. The minimum Gasteiger partial charge on any atom is -0.479 e. The van der Waals surface area contributed by atoms with E-state index in [0.717, 1.165) is 11.1 Å². The maximum atomic E-state index is 15.7. The van der Waals surface area contributed by atoms with E-state index in [1.54, 1.807) is 19.3 Å². The number of aliphatic carboxylic acids is 1. The van der Waals surface area contributed by atoms with Crippen LogP contribution in [0.15, 0.2) is 60.8 Å². The van der Waals surface area contributed by atoms with E-state index >= 15 is 8.78 Å². The third-order valence-corrected chi connectivity index (χ3v) is 11.9. The van der Waals surface area contributed by atoms with E-state index in [4.69, 9.17) is 19.6 Å². The van der Waals surface area contributed by atoms with Crippen molar-refractivity contribution in [3.8, 4) is 22.9 Å². The number of aromatic amines is 1. The van der Waals surface area contributed by atoms with Gasteiger partial charge in [0.1, 0.15) is 11.6 Å². The molecule has 10 nitrogen and oxygen atoms in total. The fraction of sp³-hybridized carbons (Fsp3) is 0.395. The molecule has 0 radical (unpaired) electrons. The molecule has 3 heterocycles. The smallest absolute Gasteiger partial charge is 0.333 e. The van der Waals surface area contributed by atoms with Crippen LogP contribution in [0.1, 0.15) is 62.5 Å². The van der Waals surface area contributed by atoms with E-state index < -0.39 is 44.4 Å². The van der Waals surface area contributed by atoms with Gasteiger partial charge in [0.15, 0.2) is 39.2 Å². The molecule has 5 aromatic rings. The van der Waals surface area contributed by atoms with Crippen molar-refractivity contribution in [1.82, 2.24) is 19.7 Å². The standard InChI is InChI=1S/C38H42F2N4O6S/c1-37(2)14-7-15-38(3,24-9-6-8-23(18-24)19-32(49-5)35(45)46)36-42-34(44(4)43-36)28-20-25(10-11-29(28)39)50-33-27(13-17-51(47,48)22-37)26-12-16-41-31(26)21-30(33)40/h6,8-12,16,18,20-21,32,41H,7,13-15,17,19,22H2,1-5H3,(H,45,46). The molecule has 1 aliphatic rings. The molecule has 51 heavy (non-hydrogen) atoms. The third-order valence-electron chi connectivity index (χ3n) is 9.87. The van der Waals surface area contributed by atoms with Gasteiger partial charge >= 0.3 is 5.97 Å². The topological polar surface area (TPSA) is 136 Å². The van der Waals surface area contributed by atoms with Crippen molar-refractivity contribution in [3.05, 3.63) is 94.9 Å². The van der Waals surface area contributed by atoms with Crippen LogP contribution in [0.25, 0.3) is 22.3 Å². The van der Waals surface area contributed by atoms with Crippen molar-refractivity contribution in [1.29, 1.82) is 0 Å². The van der Waals surface area contributed by atoms with Crippen LogP contribution in [0.3, 0.4) is 0 Å². The van der Waals surface area contributed by atoms with E-state index in [1.165, 1.54) is 36.1 Å². The molecule has 4 bridgehead atoms. The SMILES string of the molecule is COC(Cc1cccc(C2(C)CCCC(C)(C)CS(=O)(=O)CCc3c(c(F)cc4[nH]ccc34)Oc3ccc(F)c(c3)-c3nc2nn3C)c1)C(=O)O. The van der Waals surface area contributed by atoms with E-state index in [2.05, 4.69) is 4.98 Å². The second-order valence-corrected chi connectivity index (χ2v) is 16.6. The summed E-state index contributed by atoms with van der Waals surface area (Å²) in [5, 5.41) is 15.0. The Balaban J connectivity index is 1.49. The lowest BCUT2D eigenvalue weighted by Gasteiger charge is -2.31. The zero-order chi connectivity index (χ0) is 36.7. The number of carboxylic acid groups (broad SMARTS) is 1. The fourth-order valence-corrected chi connectivity index (χ4v) is 9.12. The number of aryl methyl sites for hydroxylation is 2. The molecule has 0 amide bonds. The number of fused-ring (bicyclic) bond motifs is 8. The Kier molecular flexibility index (Phi) is 9.81. The van der Waals surface area contributed by atoms with Gasteiger partial charge in [0, 0.05) is 49.3 Å². The quantitative estimate of drug-likeness (QED) is 0.196. The van der Waals surface area contributed by atoms with Crippen LogP contribution in [-0.4, -0.2) is 64.0 Å². The molecular formula is C38H42F2N4O6S. The minimum atomic E-state index is -3.61. The van der Waals surface area contributed by atoms with Crippen molar-refractivity contribution in [2.24, 2.45) is 12.5 Å². The van der Waals surface area contributed by atoms with Crippen LogP contribution >= 0.6 is 0 Å². The maximum absolute atomic E-state index is 15.7. The molecule has 2 atom stereocenters. The van der Waals surface area contributed by atoms with Crippen LogP contribution in [0.4, 0.5) is 8.78 Å². The van der Waals surface area contributed by atoms with Gasteiger partial charge in [-0.25, -0.2) is 31.7 Å². The van der Waals surface area contributed by atoms with Crippen LogP contribution in [0, 0.1) is 17.0 Å². The number of hydrogen-bond donors (Lipinski definition) is 2. The lowest BCUT2D eigenvalue weighted by atomic mass is 9.75. The molecule has 0 saturated heterocycles. The molecular weight excluding hydrogens is 679 g/mol. The van der Waals surface area contributed by atoms with Gasteiger partial charge in [-0.15, -0.1) is 0 Å². The normalized spacial score (nSPS) is 19.7. The van der Waals surface area contributed by atoms with E-state index in [1.807, 2.05) is 45.0 Å². The highest BCUT2D eigenvalue weighted by atomic mass is 32.2. The largest absolute Gasteiger partial charge is 0.479 e. The Bertz CT molecular complexity index is 2210. The van der Waals surface area contributed by atoms with Gasteiger partial charge in [0.25, 0.3) is 0 Å². The molecule has 2 unspecified atom stereocenters. The number of methoxy groups -OCH3 is 1. The second-order valence-electron chi connectivity index (χ2n) is 14.4. The van der Waals surface area contributed by atoms with E-state index in [0.29, 0.717) is 41.6 Å². The summed E-state index contributed by atoms with van der Waals surface area (Å²) in [5.74, 6) is -1.99. The number of H-pyrrole nitrogens is 1. The number of sulfone groups is 1. The number of nitrogens with zero attached hydrogens (tertiary/aromatic N) is 3. The number of aromatic nitrogens is 4. The summed E-state index contributed by atoms with van der Waals surface area (Å²) >= 11 is 0. The molecule has 2 aromatic heterocycles. The highest BCUT2D eigenvalue weighted by Crippen LogP contribution is 2.41. The van der Waals surface area contributed by atoms with Crippen molar-refractivity contribution in [3.63, 3.8) is 0 Å². The van der Waals surface area contributed by atoms with Crippen LogP contribution < -0.4 is 4.74 Å². The number of hydrogen-bond acceptors (Lipinski definition) is 7. The lowest BCUT2D eigenvalue weighted by Crippen LogP contribution is -2.29. The number of benzene rings is 3. The van der Waals surface area contributed by atoms with Crippen molar-refractivity contribution in [2.45, 2.75) is 64.4 Å². The summed E-state index contributed by atoms with van der Waals surface area (Å²) in [6.07, 6.45) is 2.44. The number of rotatable bonds is 5. The summed E-state index contributed by atoms with van der Waals surface area (Å²) in [6, 6.07) is 14.6. The van der Waals surface area contributed by atoms with Crippen molar-refractivity contribution < 1.29 is 36.6 Å². The Labute approximate surface area is 295 Å². The zero-order valence-corrected chi connectivity index (χ0v) is 30.1. The first kappa shape index (κ1) is 36.2. The van der Waals surface area contributed by atoms with Gasteiger partial charge in [-0.1, -0.05) is 44.5 Å². The molecule has 0 saturated carbocycles. The highest BCUT2D eigenvalue weighted by Gasteiger charge is 2.36. The Morgan fingerprint density at radius 1 is 1.10 bits per heavy atom. The summed E-state index contributed by atoms with van der Waals surface area (Å²) in [6.45, 7) is 5.83. The zero-order valence-electron chi connectivity index (χ0n) is 29.3. The Hall–Kier alpha value is -4.62. The molecule has 0 fully saturated rings. The van der Waals surface area contributed by atoms with Gasteiger partial charge in [-0.2, -0.15) is 5.10 Å². The number of nitrogens with one attached hydrogen (secondary N) is 1. The van der Waals surface area contributed by atoms with E-state index in [-0.39, 0.29) is 47.2 Å². The first-order valence-electron chi connectivity index (χ1n) is 16.8. The highest BCUT2D eigenvalue weighted by molar-refractivity contribution is 7.91. The predicted molar refractivity (Wildman–Crippen MR) is 190 cm³/mol. The first-order valence-corrected chi connectivity index (χ1v) is 18.6. The molecule has 2 N–H and O–H groups in total. The average molecular weight is 721 g/mol. The summed E-state index contributed by atoms with van der Waals surface area (Å²) in [7, 11) is -0.590. The molecule has 0 spiro atoms. The summed E-state index contributed by atoms with van der Waals surface area (Å²) < 4.78 is 71.4. The average Bonchev–Trinajstić information content (AvgIpc) is 3.69. The monoisotopic (exact) mass is 720 g/mol. The molecule has 1 aliphatic heterocycles. The summed E-state index contributed by atoms with van der Waals surface area (Å²) in [4.78, 5) is 19.6. The number of halogens is 2. The Morgan fingerprint density at radius 3 is 2.63 bits per heavy atom. The van der Waals surface area contributed by atoms with Crippen molar-refractivity contribution in [2.75, 3.05) is 18.6 Å². The number of ether oxygens (including phenoxy) is 2. The van der Waals surface area contributed by atoms with Crippen LogP contribution in [0.2, 0.25) is 0 Å². The molecule has 3 aromatic carbocycles. The van der Waals surface area contributed by atoms with Gasteiger partial charge in [-0.3, -0.25) is 0 Å². The molecule has 6 rings (SSSR count). The molecule has 13 heteroatoms.